The minimum Gasteiger partial charge on any atom is -0.390 e. The zero-order chi connectivity index (χ0) is 17.3. The minimum atomic E-state index is -0.251. The van der Waals surface area contributed by atoms with E-state index in [0.29, 0.717) is 45.2 Å². The summed E-state index contributed by atoms with van der Waals surface area (Å²) in [6.45, 7) is 1.22. The monoisotopic (exact) mass is 367 g/mol. The molecule has 8 heteroatoms. The average molecular weight is 368 g/mol. The highest BCUT2D eigenvalue weighted by atomic mass is 35.5. The molecule has 2 heterocycles. The molecule has 5 N–H and O–H groups in total. The van der Waals surface area contributed by atoms with E-state index in [9.17, 15) is 5.11 Å². The first kappa shape index (κ1) is 17.2. The molecule has 6 nitrogen and oxygen atoms in total. The maximum atomic E-state index is 9.77. The highest BCUT2D eigenvalue weighted by molar-refractivity contribution is 6.43. The summed E-state index contributed by atoms with van der Waals surface area (Å²) in [6, 6.07) is 5.29. The Morgan fingerprint density at radius 1 is 1.29 bits per heavy atom. The third kappa shape index (κ3) is 3.28. The van der Waals surface area contributed by atoms with Crippen LogP contribution in [0.25, 0.3) is 11.4 Å². The number of aromatic nitrogens is 2. The molecule has 1 aliphatic rings. The lowest BCUT2D eigenvalue weighted by Crippen LogP contribution is -2.43. The predicted molar refractivity (Wildman–Crippen MR) is 97.2 cm³/mol. The minimum absolute atomic E-state index is 0.0757. The van der Waals surface area contributed by atoms with Crippen LogP contribution in [0.4, 0.5) is 11.5 Å². The van der Waals surface area contributed by atoms with Crippen molar-refractivity contribution in [2.45, 2.75) is 25.5 Å². The van der Waals surface area contributed by atoms with E-state index in [1.165, 1.54) is 0 Å². The molecule has 0 radical (unpaired) electrons. The number of nitrogens with two attached hydrogens (primary N) is 2. The van der Waals surface area contributed by atoms with Crippen molar-refractivity contribution in [3.63, 3.8) is 0 Å². The van der Waals surface area contributed by atoms with Crippen LogP contribution in [-0.2, 0) is 6.61 Å². The summed E-state index contributed by atoms with van der Waals surface area (Å²) < 4.78 is 0. The molecule has 1 atom stereocenters. The van der Waals surface area contributed by atoms with Crippen LogP contribution < -0.4 is 16.4 Å². The molecule has 0 saturated carbocycles. The molecule has 128 valence electrons. The van der Waals surface area contributed by atoms with Gasteiger partial charge in [0.05, 0.1) is 22.3 Å². The first-order valence-corrected chi connectivity index (χ1v) is 8.49. The number of benzene rings is 1. The second-order valence-corrected chi connectivity index (χ2v) is 6.62. The number of hydrogen-bond donors (Lipinski definition) is 3. The molecule has 1 saturated heterocycles. The van der Waals surface area contributed by atoms with E-state index in [4.69, 9.17) is 34.7 Å². The third-order valence-corrected chi connectivity index (χ3v) is 4.92. The topological polar surface area (TPSA) is 101 Å². The van der Waals surface area contributed by atoms with Crippen LogP contribution in [0.5, 0.6) is 0 Å². The Hall–Kier alpha value is -1.60. The Morgan fingerprint density at radius 3 is 2.79 bits per heavy atom. The highest BCUT2D eigenvalue weighted by Gasteiger charge is 2.24. The smallest absolute Gasteiger partial charge is 0.163 e. The predicted octanol–water partition coefficient (Wildman–Crippen LogP) is 2.45. The quantitative estimate of drug-likeness (QED) is 0.769. The molecule has 0 bridgehead atoms. The summed E-state index contributed by atoms with van der Waals surface area (Å²) in [5.74, 6) is 0.642. The lowest BCUT2D eigenvalue weighted by Gasteiger charge is -2.34. The fourth-order valence-corrected chi connectivity index (χ4v) is 3.37. The van der Waals surface area contributed by atoms with Gasteiger partial charge in [-0.1, -0.05) is 29.3 Å². The standard InChI is InChI=1S/C16H19Cl2N5O/c17-11-5-1-4-10(13(11)18)16-21-12(8-24)14(15(20)22-16)23-6-2-3-9(19)7-23/h1,4-5,9,24H,2-3,6-8,19H2,(H2,20,21,22). The van der Waals surface area contributed by atoms with Crippen LogP contribution in [0.2, 0.25) is 10.0 Å². The normalized spacial score (nSPS) is 18.0. The van der Waals surface area contributed by atoms with Gasteiger partial charge in [0.2, 0.25) is 0 Å². The maximum absolute atomic E-state index is 9.77. The molecule has 3 rings (SSSR count). The van der Waals surface area contributed by atoms with E-state index >= 15 is 0 Å². The maximum Gasteiger partial charge on any atom is 0.163 e. The lowest BCUT2D eigenvalue weighted by atomic mass is 10.1. The summed E-state index contributed by atoms with van der Waals surface area (Å²) in [6.07, 6.45) is 1.94. The summed E-state index contributed by atoms with van der Waals surface area (Å²) in [7, 11) is 0. The van der Waals surface area contributed by atoms with E-state index < -0.39 is 0 Å². The van der Waals surface area contributed by atoms with Crippen molar-refractivity contribution >= 4 is 34.7 Å². The van der Waals surface area contributed by atoms with Crippen molar-refractivity contribution in [3.05, 3.63) is 33.9 Å². The second kappa shape index (κ2) is 7.11. The van der Waals surface area contributed by atoms with Crippen molar-refractivity contribution < 1.29 is 5.11 Å². The van der Waals surface area contributed by atoms with E-state index in [0.717, 1.165) is 19.4 Å². The van der Waals surface area contributed by atoms with E-state index in [-0.39, 0.29) is 12.6 Å². The van der Waals surface area contributed by atoms with Crippen LogP contribution in [0.15, 0.2) is 18.2 Å². The Morgan fingerprint density at radius 2 is 2.08 bits per heavy atom. The van der Waals surface area contributed by atoms with Crippen molar-refractivity contribution in [3.8, 4) is 11.4 Å². The van der Waals surface area contributed by atoms with Crippen LogP contribution in [-0.4, -0.2) is 34.2 Å². The molecule has 1 unspecified atom stereocenters. The van der Waals surface area contributed by atoms with Gasteiger partial charge in [-0.05, 0) is 25.0 Å². The second-order valence-electron chi connectivity index (χ2n) is 5.84. The number of halogens is 2. The van der Waals surface area contributed by atoms with Gasteiger partial charge >= 0.3 is 0 Å². The van der Waals surface area contributed by atoms with Crippen LogP contribution in [0.3, 0.4) is 0 Å². The molecule has 1 fully saturated rings. The van der Waals surface area contributed by atoms with Crippen molar-refractivity contribution in [2.24, 2.45) is 5.73 Å². The van der Waals surface area contributed by atoms with Crippen molar-refractivity contribution in [2.75, 3.05) is 23.7 Å². The average Bonchev–Trinajstić information content (AvgIpc) is 2.56. The fraction of sp³-hybridized carbons (Fsp3) is 0.375. The Bertz CT molecular complexity index is 755. The Balaban J connectivity index is 2.06. The number of aliphatic hydroxyl groups is 1. The molecular formula is C16H19Cl2N5O. The zero-order valence-electron chi connectivity index (χ0n) is 13.0. The molecule has 1 aromatic heterocycles. The SMILES string of the molecule is Nc1nc(-c2cccc(Cl)c2Cl)nc(CO)c1N1CCCC(N)C1. The number of rotatable bonds is 3. The summed E-state index contributed by atoms with van der Waals surface area (Å²) >= 11 is 12.3. The van der Waals surface area contributed by atoms with Gasteiger partial charge in [-0.3, -0.25) is 0 Å². The molecule has 24 heavy (non-hydrogen) atoms. The van der Waals surface area contributed by atoms with Gasteiger partial charge in [0.25, 0.3) is 0 Å². The van der Waals surface area contributed by atoms with Gasteiger partial charge in [-0.15, -0.1) is 0 Å². The van der Waals surface area contributed by atoms with Crippen LogP contribution in [0, 0.1) is 0 Å². The van der Waals surface area contributed by atoms with Crippen molar-refractivity contribution in [1.29, 1.82) is 0 Å². The first-order valence-electron chi connectivity index (χ1n) is 7.73. The number of hydrogen-bond acceptors (Lipinski definition) is 6. The van der Waals surface area contributed by atoms with Crippen LogP contribution >= 0.6 is 23.2 Å². The molecular weight excluding hydrogens is 349 g/mol. The molecule has 0 spiro atoms. The van der Waals surface area contributed by atoms with E-state index in [2.05, 4.69) is 9.97 Å². The van der Waals surface area contributed by atoms with Gasteiger partial charge in [0.1, 0.15) is 5.69 Å². The number of aliphatic hydroxyl groups excluding tert-OH is 1. The third-order valence-electron chi connectivity index (χ3n) is 4.10. The Kier molecular flexibility index (Phi) is 5.10. The summed E-state index contributed by atoms with van der Waals surface area (Å²) in [5, 5.41) is 10.5. The number of anilines is 2. The first-order chi connectivity index (χ1) is 11.5. The largest absolute Gasteiger partial charge is 0.390 e. The number of nitrogens with zero attached hydrogens (tertiary/aromatic N) is 3. The van der Waals surface area contributed by atoms with Gasteiger partial charge in [0, 0.05) is 24.7 Å². The van der Waals surface area contributed by atoms with Gasteiger partial charge in [0.15, 0.2) is 11.6 Å². The molecule has 0 amide bonds. The van der Waals surface area contributed by atoms with E-state index in [1.54, 1.807) is 18.2 Å². The van der Waals surface area contributed by atoms with Crippen LogP contribution in [0.1, 0.15) is 18.5 Å². The molecule has 1 aromatic carbocycles. The number of nitrogen functional groups attached to an aromatic ring is 1. The van der Waals surface area contributed by atoms with Gasteiger partial charge in [-0.25, -0.2) is 9.97 Å². The molecule has 1 aliphatic heterocycles. The van der Waals surface area contributed by atoms with E-state index in [1.807, 2.05) is 4.90 Å². The zero-order valence-corrected chi connectivity index (χ0v) is 14.6. The molecule has 2 aromatic rings. The molecule has 0 aliphatic carbocycles. The lowest BCUT2D eigenvalue weighted by molar-refractivity contribution is 0.277. The fourth-order valence-electron chi connectivity index (χ4n) is 2.99. The summed E-state index contributed by atoms with van der Waals surface area (Å²) in [5.41, 5.74) is 13.9. The highest BCUT2D eigenvalue weighted by Crippen LogP contribution is 2.35. The summed E-state index contributed by atoms with van der Waals surface area (Å²) in [4.78, 5) is 10.9. The Labute approximate surface area is 150 Å². The van der Waals surface area contributed by atoms with Crippen molar-refractivity contribution in [1.82, 2.24) is 9.97 Å². The van der Waals surface area contributed by atoms with Gasteiger partial charge < -0.3 is 21.5 Å². The number of piperidine rings is 1. The van der Waals surface area contributed by atoms with Gasteiger partial charge in [-0.2, -0.15) is 0 Å².